The summed E-state index contributed by atoms with van der Waals surface area (Å²) in [5, 5.41) is 10.4. The fourth-order valence-corrected chi connectivity index (χ4v) is 2.86. The Bertz CT molecular complexity index is 594. The highest BCUT2D eigenvalue weighted by Gasteiger charge is 2.45. The third-order valence-electron chi connectivity index (χ3n) is 4.93. The maximum atomic E-state index is 13.0. The van der Waals surface area contributed by atoms with Crippen molar-refractivity contribution in [3.8, 4) is 0 Å². The van der Waals surface area contributed by atoms with Crippen LogP contribution in [0.15, 0.2) is 24.3 Å². The number of carbonyl (C=O) groups excluding carboxylic acids is 1. The molecule has 0 aromatic heterocycles. The summed E-state index contributed by atoms with van der Waals surface area (Å²) >= 11 is 0. The maximum Gasteiger partial charge on any atom is 0.416 e. The van der Waals surface area contributed by atoms with Gasteiger partial charge in [0.2, 0.25) is 5.91 Å². The predicted octanol–water partition coefficient (Wildman–Crippen LogP) is 3.26. The number of amides is 1. The summed E-state index contributed by atoms with van der Waals surface area (Å²) in [5.74, 6) is -0.342. The Balaban J connectivity index is 2.15. The van der Waals surface area contributed by atoms with Gasteiger partial charge in [-0.3, -0.25) is 4.79 Å². The fraction of sp³-hybridized carbons (Fsp3) is 0.588. The van der Waals surface area contributed by atoms with Crippen LogP contribution >= 0.6 is 0 Å². The van der Waals surface area contributed by atoms with E-state index in [4.69, 9.17) is 0 Å². The average Bonchev–Trinajstić information content (AvgIpc) is 2.41. The summed E-state index contributed by atoms with van der Waals surface area (Å²) in [5.41, 5.74) is -2.19. The fourth-order valence-electron chi connectivity index (χ4n) is 2.86. The minimum Gasteiger partial charge on any atom is -0.389 e. The van der Waals surface area contributed by atoms with Crippen molar-refractivity contribution in [3.63, 3.8) is 0 Å². The van der Waals surface area contributed by atoms with Crippen molar-refractivity contribution in [2.45, 2.75) is 45.4 Å². The van der Waals surface area contributed by atoms with Crippen LogP contribution in [0.1, 0.15) is 38.3 Å². The lowest BCUT2D eigenvalue weighted by molar-refractivity contribution is -0.146. The molecule has 1 N–H and O–H groups in total. The first-order valence-electron chi connectivity index (χ1n) is 7.59. The first-order valence-corrected chi connectivity index (χ1v) is 7.59. The summed E-state index contributed by atoms with van der Waals surface area (Å²) in [6.45, 7) is 6.12. The van der Waals surface area contributed by atoms with Gasteiger partial charge in [-0.05, 0) is 25.0 Å². The van der Waals surface area contributed by atoms with Gasteiger partial charge in [-0.25, -0.2) is 0 Å². The number of likely N-dealkylation sites (tertiary alicyclic amines) is 1. The van der Waals surface area contributed by atoms with Gasteiger partial charge in [-0.1, -0.05) is 32.0 Å². The van der Waals surface area contributed by atoms with E-state index in [1.54, 1.807) is 11.8 Å². The molecule has 0 bridgehead atoms. The summed E-state index contributed by atoms with van der Waals surface area (Å²) in [4.78, 5) is 14.0. The molecular formula is C17H22F3NO2. The van der Waals surface area contributed by atoms with Gasteiger partial charge in [-0.2, -0.15) is 13.2 Å². The van der Waals surface area contributed by atoms with Gasteiger partial charge in [0.25, 0.3) is 0 Å². The number of carbonyl (C=O) groups is 1. The maximum absolute atomic E-state index is 13.0. The molecule has 0 radical (unpaired) electrons. The smallest absolute Gasteiger partial charge is 0.389 e. The van der Waals surface area contributed by atoms with Crippen molar-refractivity contribution < 1.29 is 23.1 Å². The Morgan fingerprint density at radius 1 is 1.26 bits per heavy atom. The first kappa shape index (κ1) is 17.8. The molecule has 3 nitrogen and oxygen atoms in total. The topological polar surface area (TPSA) is 40.5 Å². The normalized spacial score (nSPS) is 24.6. The molecule has 6 heteroatoms. The molecule has 2 rings (SSSR count). The second kappa shape index (κ2) is 5.82. The summed E-state index contributed by atoms with van der Waals surface area (Å²) < 4.78 is 39.0. The zero-order valence-corrected chi connectivity index (χ0v) is 13.6. The molecular weight excluding hydrogens is 307 g/mol. The van der Waals surface area contributed by atoms with Crippen LogP contribution in [0.3, 0.4) is 0 Å². The van der Waals surface area contributed by atoms with Gasteiger partial charge in [0.05, 0.1) is 17.6 Å². The Kier molecular flexibility index (Phi) is 4.50. The molecule has 128 valence electrons. The molecule has 1 aromatic carbocycles. The quantitative estimate of drug-likeness (QED) is 0.905. The highest BCUT2D eigenvalue weighted by Crippen LogP contribution is 2.38. The van der Waals surface area contributed by atoms with E-state index in [9.17, 15) is 23.1 Å². The number of rotatable bonds is 2. The number of hydrogen-bond acceptors (Lipinski definition) is 2. The first-order chi connectivity index (χ1) is 10.4. The minimum absolute atomic E-state index is 0.0138. The molecule has 1 heterocycles. The Morgan fingerprint density at radius 2 is 1.87 bits per heavy atom. The second-order valence-corrected chi connectivity index (χ2v) is 7.05. The van der Waals surface area contributed by atoms with E-state index in [0.717, 1.165) is 6.07 Å². The van der Waals surface area contributed by atoms with Crippen LogP contribution in [0.25, 0.3) is 0 Å². The number of halogens is 3. The van der Waals surface area contributed by atoms with Crippen LogP contribution in [0, 0.1) is 5.41 Å². The van der Waals surface area contributed by atoms with Crippen molar-refractivity contribution in [1.29, 1.82) is 0 Å². The Hall–Kier alpha value is -1.56. The highest BCUT2D eigenvalue weighted by atomic mass is 19.4. The molecule has 1 saturated heterocycles. The van der Waals surface area contributed by atoms with E-state index in [1.807, 2.05) is 13.8 Å². The second-order valence-electron chi connectivity index (χ2n) is 7.05. The highest BCUT2D eigenvalue weighted by molar-refractivity contribution is 5.79. The van der Waals surface area contributed by atoms with Crippen molar-refractivity contribution in [2.75, 3.05) is 13.1 Å². The molecule has 0 saturated carbocycles. The third-order valence-corrected chi connectivity index (χ3v) is 4.93. The SMILES string of the molecule is CC1(C)CN(C(=O)Cc2ccccc2C(F)(F)F)CC[C@@]1(C)O. The minimum atomic E-state index is -4.47. The molecule has 1 amide bonds. The van der Waals surface area contributed by atoms with Crippen molar-refractivity contribution in [2.24, 2.45) is 5.41 Å². The third kappa shape index (κ3) is 3.68. The standard InChI is InChI=1S/C17H22F3NO2/c1-15(2)11-21(9-8-16(15,3)23)14(22)10-12-6-4-5-7-13(12)17(18,19)20/h4-7,23H,8-11H2,1-3H3/t16-/m1/s1. The van der Waals surface area contributed by atoms with E-state index in [2.05, 4.69) is 0 Å². The van der Waals surface area contributed by atoms with Crippen molar-refractivity contribution >= 4 is 5.91 Å². The van der Waals surface area contributed by atoms with Crippen molar-refractivity contribution in [1.82, 2.24) is 4.90 Å². The zero-order chi connectivity index (χ0) is 17.5. The van der Waals surface area contributed by atoms with E-state index in [-0.39, 0.29) is 17.9 Å². The number of hydrogen-bond donors (Lipinski definition) is 1. The zero-order valence-electron chi connectivity index (χ0n) is 13.6. The molecule has 0 unspecified atom stereocenters. The average molecular weight is 329 g/mol. The predicted molar refractivity (Wildman–Crippen MR) is 80.7 cm³/mol. The van der Waals surface area contributed by atoms with Crippen LogP contribution in [0.5, 0.6) is 0 Å². The lowest BCUT2D eigenvalue weighted by atomic mass is 9.71. The number of nitrogens with zero attached hydrogens (tertiary/aromatic N) is 1. The van der Waals surface area contributed by atoms with Gasteiger partial charge in [0.15, 0.2) is 0 Å². The molecule has 23 heavy (non-hydrogen) atoms. The lowest BCUT2D eigenvalue weighted by Crippen LogP contribution is -2.57. The van der Waals surface area contributed by atoms with Gasteiger partial charge in [0.1, 0.15) is 0 Å². The van der Waals surface area contributed by atoms with Crippen LogP contribution in [0.4, 0.5) is 13.2 Å². The van der Waals surface area contributed by atoms with E-state index in [0.29, 0.717) is 19.5 Å². The number of benzene rings is 1. The van der Waals surface area contributed by atoms with Crippen molar-refractivity contribution in [3.05, 3.63) is 35.4 Å². The molecule has 1 atom stereocenters. The van der Waals surface area contributed by atoms with Gasteiger partial charge < -0.3 is 10.0 Å². The Morgan fingerprint density at radius 3 is 2.43 bits per heavy atom. The van der Waals surface area contributed by atoms with Crippen LogP contribution < -0.4 is 0 Å². The van der Waals surface area contributed by atoms with Crippen LogP contribution in [-0.2, 0) is 17.4 Å². The largest absolute Gasteiger partial charge is 0.416 e. The number of alkyl halides is 3. The Labute approximate surface area is 134 Å². The van der Waals surface area contributed by atoms with Crippen LogP contribution in [-0.4, -0.2) is 34.6 Å². The number of piperidine rings is 1. The molecule has 0 spiro atoms. The van der Waals surface area contributed by atoms with Crippen LogP contribution in [0.2, 0.25) is 0 Å². The van der Waals surface area contributed by atoms with Gasteiger partial charge in [0, 0.05) is 18.5 Å². The molecule has 1 fully saturated rings. The number of aliphatic hydroxyl groups is 1. The summed E-state index contributed by atoms with van der Waals surface area (Å²) in [7, 11) is 0. The molecule has 1 aliphatic heterocycles. The summed E-state index contributed by atoms with van der Waals surface area (Å²) in [6, 6.07) is 5.15. The van der Waals surface area contributed by atoms with E-state index in [1.165, 1.54) is 18.2 Å². The van der Waals surface area contributed by atoms with E-state index < -0.39 is 22.8 Å². The molecule has 0 aliphatic carbocycles. The molecule has 1 aromatic rings. The van der Waals surface area contributed by atoms with Gasteiger partial charge >= 0.3 is 6.18 Å². The van der Waals surface area contributed by atoms with Gasteiger partial charge in [-0.15, -0.1) is 0 Å². The summed E-state index contributed by atoms with van der Waals surface area (Å²) in [6.07, 6.45) is -4.34. The monoisotopic (exact) mass is 329 g/mol. The lowest BCUT2D eigenvalue weighted by Gasteiger charge is -2.48. The molecule has 1 aliphatic rings. The van der Waals surface area contributed by atoms with E-state index >= 15 is 0 Å².